The van der Waals surface area contributed by atoms with Crippen molar-refractivity contribution in [1.29, 1.82) is 0 Å². The molecule has 2 aromatic heterocycles. The molecule has 2 aromatic rings. The van der Waals surface area contributed by atoms with Crippen LogP contribution in [0.3, 0.4) is 0 Å². The smallest absolute Gasteiger partial charge is 0.338 e. The Morgan fingerprint density at radius 3 is 2.89 bits per heavy atom. The van der Waals surface area contributed by atoms with Gasteiger partial charge in [0.2, 0.25) is 0 Å². The molecule has 0 aromatic carbocycles. The van der Waals surface area contributed by atoms with Crippen molar-refractivity contribution in [2.75, 3.05) is 11.9 Å². The number of hydrogen-bond acceptors (Lipinski definition) is 4. The van der Waals surface area contributed by atoms with Crippen LogP contribution in [0.1, 0.15) is 15.2 Å². The number of thiophene rings is 1. The van der Waals surface area contributed by atoms with Gasteiger partial charge in [-0.25, -0.2) is 14.2 Å². The summed E-state index contributed by atoms with van der Waals surface area (Å²) >= 11 is 7.25. The summed E-state index contributed by atoms with van der Waals surface area (Å²) in [5, 5.41) is 11.6. The molecule has 0 saturated carbocycles. The van der Waals surface area contributed by atoms with E-state index in [0.29, 0.717) is 17.3 Å². The van der Waals surface area contributed by atoms with Crippen LogP contribution in [0.5, 0.6) is 0 Å². The van der Waals surface area contributed by atoms with Crippen molar-refractivity contribution in [3.63, 3.8) is 0 Å². The molecule has 2 heterocycles. The van der Waals surface area contributed by atoms with E-state index in [1.54, 1.807) is 6.07 Å². The third-order valence-corrected chi connectivity index (χ3v) is 3.70. The first-order valence-electron chi connectivity index (χ1n) is 5.44. The summed E-state index contributed by atoms with van der Waals surface area (Å²) in [5.74, 6) is -2.21. The number of aromatic carboxylic acids is 1. The van der Waals surface area contributed by atoms with E-state index in [-0.39, 0.29) is 5.82 Å². The second-order valence-corrected chi connectivity index (χ2v) is 5.51. The van der Waals surface area contributed by atoms with E-state index < -0.39 is 17.3 Å². The quantitative estimate of drug-likeness (QED) is 0.889. The normalized spacial score (nSPS) is 10.4. The van der Waals surface area contributed by atoms with Gasteiger partial charge in [-0.05, 0) is 24.6 Å². The number of carboxylic acids is 1. The number of rotatable bonds is 5. The Hall–Kier alpha value is -1.66. The highest BCUT2D eigenvalue weighted by Crippen LogP contribution is 2.22. The van der Waals surface area contributed by atoms with Gasteiger partial charge < -0.3 is 10.4 Å². The highest BCUT2D eigenvalue weighted by atomic mass is 35.5. The highest BCUT2D eigenvalue weighted by Gasteiger charge is 2.14. The second kappa shape index (κ2) is 5.99. The molecule has 0 spiro atoms. The van der Waals surface area contributed by atoms with Crippen molar-refractivity contribution in [3.8, 4) is 0 Å². The van der Waals surface area contributed by atoms with Crippen LogP contribution in [0.4, 0.5) is 10.2 Å². The zero-order valence-electron chi connectivity index (χ0n) is 9.69. The molecule has 19 heavy (non-hydrogen) atoms. The lowest BCUT2D eigenvalue weighted by Gasteiger charge is -2.07. The number of carboxylic acid groups (broad SMARTS) is 1. The van der Waals surface area contributed by atoms with Crippen molar-refractivity contribution < 1.29 is 14.3 Å². The fourth-order valence-corrected chi connectivity index (χ4v) is 2.61. The van der Waals surface area contributed by atoms with Crippen molar-refractivity contribution in [1.82, 2.24) is 4.98 Å². The summed E-state index contributed by atoms with van der Waals surface area (Å²) in [6, 6.07) is 4.82. The number of pyridine rings is 1. The average molecular weight is 301 g/mol. The first-order chi connectivity index (χ1) is 9.08. The molecule has 7 heteroatoms. The Kier molecular flexibility index (Phi) is 4.34. The zero-order valence-corrected chi connectivity index (χ0v) is 11.3. The number of aromatic nitrogens is 1. The largest absolute Gasteiger partial charge is 0.478 e. The molecule has 0 aliphatic carbocycles. The number of halogens is 2. The SMILES string of the molecule is O=C(O)c1ccnc(NCCc2ccc(Cl)s2)c1F. The minimum atomic E-state index is -1.31. The van der Waals surface area contributed by atoms with Gasteiger partial charge in [0.05, 0.1) is 4.34 Å². The van der Waals surface area contributed by atoms with Crippen LogP contribution < -0.4 is 5.32 Å². The molecule has 2 rings (SSSR count). The molecule has 0 aliphatic heterocycles. The van der Waals surface area contributed by atoms with E-state index in [1.165, 1.54) is 17.5 Å². The number of nitrogens with zero attached hydrogens (tertiary/aromatic N) is 1. The van der Waals surface area contributed by atoms with Crippen LogP contribution in [0.15, 0.2) is 24.4 Å². The topological polar surface area (TPSA) is 62.2 Å². The summed E-state index contributed by atoms with van der Waals surface area (Å²) in [4.78, 5) is 15.6. The van der Waals surface area contributed by atoms with Crippen molar-refractivity contribution in [2.24, 2.45) is 0 Å². The van der Waals surface area contributed by atoms with Crippen LogP contribution >= 0.6 is 22.9 Å². The number of hydrogen-bond donors (Lipinski definition) is 2. The fourth-order valence-electron chi connectivity index (χ4n) is 1.52. The lowest BCUT2D eigenvalue weighted by atomic mass is 10.2. The maximum Gasteiger partial charge on any atom is 0.338 e. The van der Waals surface area contributed by atoms with Gasteiger partial charge in [-0.2, -0.15) is 0 Å². The van der Waals surface area contributed by atoms with Crippen LogP contribution in [-0.4, -0.2) is 22.6 Å². The van der Waals surface area contributed by atoms with Gasteiger partial charge in [0, 0.05) is 17.6 Å². The van der Waals surface area contributed by atoms with Crippen molar-refractivity contribution in [3.05, 3.63) is 45.0 Å². The molecular formula is C12H10ClFN2O2S. The van der Waals surface area contributed by atoms with Gasteiger partial charge in [-0.3, -0.25) is 0 Å². The van der Waals surface area contributed by atoms with Crippen LogP contribution in [0.25, 0.3) is 0 Å². The maximum absolute atomic E-state index is 13.7. The predicted octanol–water partition coefficient (Wildman–Crippen LogP) is 3.29. The van der Waals surface area contributed by atoms with Crippen molar-refractivity contribution in [2.45, 2.75) is 6.42 Å². The zero-order chi connectivity index (χ0) is 13.8. The van der Waals surface area contributed by atoms with E-state index >= 15 is 0 Å². The van der Waals surface area contributed by atoms with E-state index in [9.17, 15) is 9.18 Å². The van der Waals surface area contributed by atoms with Gasteiger partial charge in [0.25, 0.3) is 0 Å². The Morgan fingerprint density at radius 1 is 1.47 bits per heavy atom. The maximum atomic E-state index is 13.7. The molecule has 0 aliphatic rings. The minimum absolute atomic E-state index is 0.0532. The number of anilines is 1. The molecule has 0 fully saturated rings. The lowest BCUT2D eigenvalue weighted by Crippen LogP contribution is -2.10. The number of carbonyl (C=O) groups is 1. The summed E-state index contributed by atoms with van der Waals surface area (Å²) in [7, 11) is 0. The molecule has 0 atom stereocenters. The summed E-state index contributed by atoms with van der Waals surface area (Å²) in [6.45, 7) is 0.448. The summed E-state index contributed by atoms with van der Waals surface area (Å²) in [5.41, 5.74) is -0.392. The standard InChI is InChI=1S/C12H10ClFN2O2S/c13-9-2-1-7(19-9)3-5-15-11-10(14)8(12(17)18)4-6-16-11/h1-2,4,6H,3,5H2,(H,15,16)(H,17,18). The van der Waals surface area contributed by atoms with Crippen LogP contribution in [-0.2, 0) is 6.42 Å². The highest BCUT2D eigenvalue weighted by molar-refractivity contribution is 7.16. The Morgan fingerprint density at radius 2 is 2.26 bits per heavy atom. The van der Waals surface area contributed by atoms with Gasteiger partial charge in [0.15, 0.2) is 11.6 Å². The molecular weight excluding hydrogens is 291 g/mol. The third kappa shape index (κ3) is 3.42. The molecule has 100 valence electrons. The fraction of sp³-hybridized carbons (Fsp3) is 0.167. The molecule has 2 N–H and O–H groups in total. The number of nitrogens with one attached hydrogen (secondary N) is 1. The first kappa shape index (κ1) is 13.8. The van der Waals surface area contributed by atoms with Gasteiger partial charge in [-0.1, -0.05) is 11.6 Å². The molecule has 0 amide bonds. The van der Waals surface area contributed by atoms with Gasteiger partial charge in [-0.15, -0.1) is 11.3 Å². The minimum Gasteiger partial charge on any atom is -0.478 e. The molecule has 0 unspecified atom stereocenters. The molecule has 0 radical (unpaired) electrons. The van der Waals surface area contributed by atoms with E-state index in [4.69, 9.17) is 16.7 Å². The predicted molar refractivity (Wildman–Crippen MR) is 72.7 cm³/mol. The van der Waals surface area contributed by atoms with Crippen molar-refractivity contribution >= 4 is 34.7 Å². The summed E-state index contributed by atoms with van der Waals surface area (Å²) in [6.07, 6.45) is 1.92. The molecule has 0 bridgehead atoms. The Balaban J connectivity index is 2.00. The van der Waals surface area contributed by atoms with Gasteiger partial charge >= 0.3 is 5.97 Å². The second-order valence-electron chi connectivity index (χ2n) is 3.71. The molecule has 4 nitrogen and oxygen atoms in total. The van der Waals surface area contributed by atoms with Crippen LogP contribution in [0.2, 0.25) is 4.34 Å². The van der Waals surface area contributed by atoms with E-state index in [2.05, 4.69) is 10.3 Å². The monoisotopic (exact) mass is 300 g/mol. The Bertz CT molecular complexity index is 603. The molecule has 0 saturated heterocycles. The third-order valence-electron chi connectivity index (χ3n) is 2.41. The first-order valence-corrected chi connectivity index (χ1v) is 6.63. The summed E-state index contributed by atoms with van der Waals surface area (Å²) < 4.78 is 14.4. The van der Waals surface area contributed by atoms with Crippen LogP contribution in [0, 0.1) is 5.82 Å². The van der Waals surface area contributed by atoms with Gasteiger partial charge in [0.1, 0.15) is 5.56 Å². The van der Waals surface area contributed by atoms with E-state index in [0.717, 1.165) is 10.9 Å². The Labute approximate surface area is 117 Å². The van der Waals surface area contributed by atoms with E-state index in [1.807, 2.05) is 6.07 Å². The lowest BCUT2D eigenvalue weighted by molar-refractivity contribution is 0.0692. The average Bonchev–Trinajstić information content (AvgIpc) is 2.77.